The summed E-state index contributed by atoms with van der Waals surface area (Å²) < 4.78 is 10.1. The maximum Gasteiger partial charge on any atom is 0.328 e. The number of carbonyl (C=O) groups is 3. The minimum Gasteiger partial charge on any atom is -0.497 e. The number of fused-ring (bicyclic) bond motifs is 3. The summed E-state index contributed by atoms with van der Waals surface area (Å²) in [4.78, 5) is 48.7. The zero-order chi connectivity index (χ0) is 22.3. The lowest BCUT2D eigenvalue weighted by Gasteiger charge is -2.39. The lowest BCUT2D eigenvalue weighted by atomic mass is 10.1. The number of ether oxygens (including phenoxy) is 2. The van der Waals surface area contributed by atoms with Crippen LogP contribution in [-0.2, 0) is 20.9 Å². The molecule has 0 spiro atoms. The van der Waals surface area contributed by atoms with Crippen LogP contribution in [0.4, 0.5) is 4.79 Å². The number of nitrogens with zero attached hydrogens (tertiary/aromatic N) is 5. The van der Waals surface area contributed by atoms with Crippen molar-refractivity contribution < 1.29 is 23.9 Å². The monoisotopic (exact) mass is 427 g/mol. The summed E-state index contributed by atoms with van der Waals surface area (Å²) >= 11 is 0. The van der Waals surface area contributed by atoms with Gasteiger partial charge in [0.1, 0.15) is 12.3 Å². The molecule has 1 aromatic carbocycles. The summed E-state index contributed by atoms with van der Waals surface area (Å²) in [6.07, 6.45) is 1.20. The topological polar surface area (TPSA) is 95.0 Å². The van der Waals surface area contributed by atoms with Crippen molar-refractivity contribution >= 4 is 23.9 Å². The van der Waals surface area contributed by atoms with Crippen molar-refractivity contribution in [1.82, 2.24) is 19.6 Å². The number of esters is 1. The number of urea groups is 1. The largest absolute Gasteiger partial charge is 0.497 e. The molecule has 10 nitrogen and oxygen atoms in total. The molecular formula is C21H25N5O5. The summed E-state index contributed by atoms with van der Waals surface area (Å²) in [6, 6.07) is 6.44. The van der Waals surface area contributed by atoms with Gasteiger partial charge in [-0.1, -0.05) is 12.1 Å². The van der Waals surface area contributed by atoms with Gasteiger partial charge in [0.05, 0.1) is 20.3 Å². The van der Waals surface area contributed by atoms with Gasteiger partial charge in [-0.15, -0.1) is 0 Å². The molecule has 1 aromatic rings. The normalized spacial score (nSPS) is 22.3. The molecule has 164 valence electrons. The first-order chi connectivity index (χ1) is 14.8. The van der Waals surface area contributed by atoms with Gasteiger partial charge in [0, 0.05) is 18.9 Å². The van der Waals surface area contributed by atoms with Gasteiger partial charge >= 0.3 is 12.0 Å². The fraction of sp³-hybridized carbons (Fsp3) is 0.429. The molecule has 2 atom stereocenters. The number of hydrogen-bond acceptors (Lipinski definition) is 8. The van der Waals surface area contributed by atoms with E-state index in [-0.39, 0.29) is 6.61 Å². The number of rotatable bonds is 6. The molecule has 3 amide bonds. The number of methoxy groups -OCH3 is 1. The number of hydrogen-bond donors (Lipinski definition) is 0. The lowest BCUT2D eigenvalue weighted by Crippen LogP contribution is -2.65. The molecule has 0 bridgehead atoms. The van der Waals surface area contributed by atoms with Gasteiger partial charge in [0.2, 0.25) is 5.96 Å². The zero-order valence-electron chi connectivity index (χ0n) is 17.9. The van der Waals surface area contributed by atoms with Crippen molar-refractivity contribution in [3.05, 3.63) is 41.7 Å². The third-order valence-corrected chi connectivity index (χ3v) is 5.59. The Morgan fingerprint density at radius 3 is 2.52 bits per heavy atom. The molecule has 4 rings (SSSR count). The standard InChI is InChI=1S/C21H25N5O5/c1-5-31-16(27)12-26-19(28)17-18(23(3)21(26)29)22-20-24(13(2)10-25(17)20)11-14-6-8-15(30-4)9-7-14/h6-10,17-18H,5,11-12H2,1-4H3. The van der Waals surface area contributed by atoms with E-state index in [0.29, 0.717) is 12.5 Å². The number of aliphatic imine (C=N–C) groups is 1. The van der Waals surface area contributed by atoms with Crippen molar-refractivity contribution in [2.45, 2.75) is 32.6 Å². The summed E-state index contributed by atoms with van der Waals surface area (Å²) in [5, 5.41) is 0. The van der Waals surface area contributed by atoms with Gasteiger partial charge in [-0.2, -0.15) is 0 Å². The predicted molar refractivity (Wildman–Crippen MR) is 111 cm³/mol. The van der Waals surface area contributed by atoms with E-state index in [1.807, 2.05) is 42.3 Å². The zero-order valence-corrected chi connectivity index (χ0v) is 17.9. The molecule has 2 unspecified atom stereocenters. The van der Waals surface area contributed by atoms with Crippen LogP contribution in [0, 0.1) is 0 Å². The highest BCUT2D eigenvalue weighted by molar-refractivity contribution is 6.06. The number of benzene rings is 1. The molecule has 10 heteroatoms. The van der Waals surface area contributed by atoms with Gasteiger partial charge in [-0.05, 0) is 31.5 Å². The molecule has 0 N–H and O–H groups in total. The van der Waals surface area contributed by atoms with Gasteiger partial charge in [0.25, 0.3) is 5.91 Å². The second-order valence-electron chi connectivity index (χ2n) is 7.52. The highest BCUT2D eigenvalue weighted by atomic mass is 16.5. The molecule has 0 saturated carbocycles. The fourth-order valence-electron chi connectivity index (χ4n) is 3.99. The Balaban J connectivity index is 1.57. The highest BCUT2D eigenvalue weighted by Crippen LogP contribution is 2.34. The van der Waals surface area contributed by atoms with Crippen LogP contribution in [0.15, 0.2) is 41.2 Å². The Hall–Kier alpha value is -3.56. The van der Waals surface area contributed by atoms with E-state index in [1.165, 1.54) is 4.90 Å². The maximum atomic E-state index is 13.2. The Kier molecular flexibility index (Phi) is 5.30. The van der Waals surface area contributed by atoms with E-state index < -0.39 is 36.7 Å². The Labute approximate surface area is 180 Å². The Morgan fingerprint density at radius 1 is 1.16 bits per heavy atom. The summed E-state index contributed by atoms with van der Waals surface area (Å²) in [7, 11) is 3.20. The minimum absolute atomic E-state index is 0.179. The minimum atomic E-state index is -0.719. The van der Waals surface area contributed by atoms with Crippen molar-refractivity contribution in [2.75, 3.05) is 27.3 Å². The van der Waals surface area contributed by atoms with Crippen LogP contribution in [-0.4, -0.2) is 83.0 Å². The Morgan fingerprint density at radius 2 is 1.87 bits per heavy atom. The molecule has 3 aliphatic heterocycles. The summed E-state index contributed by atoms with van der Waals surface area (Å²) in [6.45, 7) is 3.93. The molecule has 0 aliphatic carbocycles. The van der Waals surface area contributed by atoms with Crippen LogP contribution in [0.1, 0.15) is 19.4 Å². The molecule has 3 aliphatic rings. The van der Waals surface area contributed by atoms with Gasteiger partial charge in [-0.25, -0.2) is 9.79 Å². The molecule has 1 saturated heterocycles. The van der Waals surface area contributed by atoms with Crippen LogP contribution in [0.3, 0.4) is 0 Å². The number of allylic oxidation sites excluding steroid dienone is 1. The first kappa shape index (κ1) is 20.7. The van der Waals surface area contributed by atoms with Crippen molar-refractivity contribution in [1.29, 1.82) is 0 Å². The van der Waals surface area contributed by atoms with Crippen LogP contribution >= 0.6 is 0 Å². The second kappa shape index (κ2) is 7.93. The molecular weight excluding hydrogens is 402 g/mol. The van der Waals surface area contributed by atoms with Crippen molar-refractivity contribution in [2.24, 2.45) is 4.99 Å². The molecule has 31 heavy (non-hydrogen) atoms. The van der Waals surface area contributed by atoms with Crippen molar-refractivity contribution in [3.8, 4) is 5.75 Å². The van der Waals surface area contributed by atoms with Gasteiger partial charge in [0.15, 0.2) is 12.2 Å². The van der Waals surface area contributed by atoms with E-state index in [4.69, 9.17) is 14.5 Å². The van der Waals surface area contributed by atoms with E-state index in [0.717, 1.165) is 21.9 Å². The summed E-state index contributed by atoms with van der Waals surface area (Å²) in [5.74, 6) is 0.296. The molecule has 1 fully saturated rings. The maximum absolute atomic E-state index is 13.2. The lowest BCUT2D eigenvalue weighted by molar-refractivity contribution is -0.150. The smallest absolute Gasteiger partial charge is 0.328 e. The molecule has 0 radical (unpaired) electrons. The number of imide groups is 1. The first-order valence-corrected chi connectivity index (χ1v) is 10.0. The average molecular weight is 427 g/mol. The quantitative estimate of drug-likeness (QED) is 0.630. The van der Waals surface area contributed by atoms with E-state index >= 15 is 0 Å². The average Bonchev–Trinajstić information content (AvgIpc) is 3.26. The van der Waals surface area contributed by atoms with E-state index in [9.17, 15) is 14.4 Å². The van der Waals surface area contributed by atoms with Crippen molar-refractivity contribution in [3.63, 3.8) is 0 Å². The molecule has 3 heterocycles. The van der Waals surface area contributed by atoms with Crippen LogP contribution < -0.4 is 4.74 Å². The van der Waals surface area contributed by atoms with E-state index in [2.05, 4.69) is 0 Å². The SMILES string of the molecule is CCOC(=O)CN1C(=O)C2C(N=C3N(Cc4ccc(OC)cc4)C(C)=CN32)N(C)C1=O. The van der Waals surface area contributed by atoms with Crippen LogP contribution in [0.25, 0.3) is 0 Å². The fourth-order valence-corrected chi connectivity index (χ4v) is 3.99. The van der Waals surface area contributed by atoms with Gasteiger partial charge in [-0.3, -0.25) is 14.5 Å². The number of likely N-dealkylation sites (N-methyl/N-ethyl adjacent to an activating group) is 1. The Bertz CT molecular complexity index is 973. The van der Waals surface area contributed by atoms with Crippen LogP contribution in [0.5, 0.6) is 5.75 Å². The van der Waals surface area contributed by atoms with E-state index in [1.54, 1.807) is 26.0 Å². The van der Waals surface area contributed by atoms with Gasteiger partial charge < -0.3 is 24.2 Å². The van der Waals surface area contributed by atoms with Crippen LogP contribution in [0.2, 0.25) is 0 Å². The number of carbonyl (C=O) groups excluding carboxylic acids is 3. The predicted octanol–water partition coefficient (Wildman–Crippen LogP) is 1.20. The third-order valence-electron chi connectivity index (χ3n) is 5.59. The second-order valence-corrected chi connectivity index (χ2v) is 7.52. The molecule has 0 aromatic heterocycles. The highest BCUT2D eigenvalue weighted by Gasteiger charge is 2.54. The third kappa shape index (κ3) is 3.47. The first-order valence-electron chi connectivity index (χ1n) is 10.0. The summed E-state index contributed by atoms with van der Waals surface area (Å²) in [5.41, 5.74) is 1.98. The number of amides is 3. The number of guanidine groups is 1.